The Kier molecular flexibility index (Phi) is 8.63. The summed E-state index contributed by atoms with van der Waals surface area (Å²) in [5, 5.41) is 0. The number of Topliss-reactive ketones (excluding diaryl/α,β-unsaturated/α-hetero) is 2. The molecule has 0 N–H and O–H groups in total. The van der Waals surface area contributed by atoms with E-state index in [-0.39, 0.29) is 23.7 Å². The van der Waals surface area contributed by atoms with Crippen molar-refractivity contribution in [2.45, 2.75) is 91.1 Å². The molecule has 4 nitrogen and oxygen atoms in total. The third kappa shape index (κ3) is 5.81. The topological polar surface area (TPSA) is 40.6 Å². The second-order valence-corrected chi connectivity index (χ2v) is 17.4. The number of benzene rings is 4. The number of hydrogen-bond acceptors (Lipinski definition) is 4. The van der Waals surface area contributed by atoms with Crippen molar-refractivity contribution in [2.24, 2.45) is 47.3 Å². The molecule has 0 aliphatic heterocycles. The van der Waals surface area contributed by atoms with Gasteiger partial charge in [-0.3, -0.25) is 9.59 Å². The maximum absolute atomic E-state index is 14.5. The quantitative estimate of drug-likeness (QED) is 0.202. The van der Waals surface area contributed by atoms with Crippen molar-refractivity contribution in [1.82, 2.24) is 0 Å². The van der Waals surface area contributed by atoms with E-state index in [1.54, 1.807) is 0 Å². The van der Waals surface area contributed by atoms with E-state index in [9.17, 15) is 9.59 Å². The summed E-state index contributed by atoms with van der Waals surface area (Å²) in [6.45, 7) is 8.57. The molecule has 52 heavy (non-hydrogen) atoms. The highest BCUT2D eigenvalue weighted by molar-refractivity contribution is 5.90. The van der Waals surface area contributed by atoms with Crippen LogP contribution in [0.1, 0.15) is 73.6 Å². The number of nitrogens with zero attached hydrogens (tertiary/aromatic N) is 2. The Labute approximate surface area is 310 Å². The second kappa shape index (κ2) is 13.3. The summed E-state index contributed by atoms with van der Waals surface area (Å²) in [6.07, 6.45) is 8.07. The van der Waals surface area contributed by atoms with Gasteiger partial charge in [-0.05, 0) is 151 Å². The van der Waals surface area contributed by atoms with E-state index in [1.165, 1.54) is 45.0 Å². The summed E-state index contributed by atoms with van der Waals surface area (Å²) in [5.74, 6) is 3.18. The monoisotopic (exact) mass is 690 g/mol. The zero-order valence-electron chi connectivity index (χ0n) is 31.4. The van der Waals surface area contributed by atoms with Crippen LogP contribution in [0.5, 0.6) is 0 Å². The minimum Gasteiger partial charge on any atom is -0.338 e. The van der Waals surface area contributed by atoms with Gasteiger partial charge in [0.25, 0.3) is 0 Å². The van der Waals surface area contributed by atoms with Gasteiger partial charge in [0.05, 0.1) is 0 Å². The lowest BCUT2D eigenvalue weighted by Crippen LogP contribution is -2.40. The molecule has 5 fully saturated rings. The van der Waals surface area contributed by atoms with Crippen LogP contribution in [-0.2, 0) is 9.59 Å². The molecule has 4 heteroatoms. The van der Waals surface area contributed by atoms with Crippen LogP contribution in [-0.4, -0.2) is 23.7 Å². The van der Waals surface area contributed by atoms with Crippen molar-refractivity contribution in [3.63, 3.8) is 0 Å². The first-order chi connectivity index (χ1) is 25.2. The van der Waals surface area contributed by atoms with Gasteiger partial charge in [-0.2, -0.15) is 0 Å². The van der Waals surface area contributed by atoms with Gasteiger partial charge in [-0.25, -0.2) is 0 Å². The molecule has 0 radical (unpaired) electrons. The third-order valence-electron chi connectivity index (χ3n) is 14.4. The number of carbonyl (C=O) groups is 2. The Bertz CT molecular complexity index is 1700. The van der Waals surface area contributed by atoms with Gasteiger partial charge >= 0.3 is 0 Å². The first-order valence-electron chi connectivity index (χ1n) is 20.2. The fraction of sp³-hybridized carbons (Fsp3) is 0.458. The first kappa shape index (κ1) is 33.6. The number of aryl methyl sites for hydroxylation is 4. The lowest BCUT2D eigenvalue weighted by atomic mass is 9.64. The Balaban J connectivity index is 0.935. The van der Waals surface area contributed by atoms with Gasteiger partial charge in [0.1, 0.15) is 11.6 Å². The van der Waals surface area contributed by atoms with Gasteiger partial charge in [-0.1, -0.05) is 70.8 Å². The first-order valence-corrected chi connectivity index (χ1v) is 20.2. The molecular formula is C48H54N2O2. The van der Waals surface area contributed by atoms with Crippen LogP contribution in [0.4, 0.5) is 22.7 Å². The van der Waals surface area contributed by atoms with E-state index >= 15 is 0 Å². The fourth-order valence-electron chi connectivity index (χ4n) is 11.9. The van der Waals surface area contributed by atoms with Crippen LogP contribution in [0.25, 0.3) is 0 Å². The molecule has 0 spiro atoms. The molecule has 5 aliphatic carbocycles. The number of carbonyl (C=O) groups excluding carboxylic acids is 2. The zero-order valence-corrected chi connectivity index (χ0v) is 31.4. The SMILES string of the molecule is Cc1ccc(N(c2ccc(C)cc2)C2CCC3C(C2)C(=O)C2CC4C(CC23)C(=O)C2CC(N(c3ccc(C)cc3)c3ccc(C)cc3)CCC24)cc1. The molecular weight excluding hydrogens is 637 g/mol. The van der Waals surface area contributed by atoms with Crippen LogP contribution < -0.4 is 9.80 Å². The number of rotatable bonds is 6. The summed E-state index contributed by atoms with van der Waals surface area (Å²) in [4.78, 5) is 34.1. The minimum absolute atomic E-state index is 0.116. The normalized spacial score (nSPS) is 32.1. The molecule has 4 aromatic rings. The molecule has 0 saturated heterocycles. The smallest absolute Gasteiger partial charge is 0.139 e. The van der Waals surface area contributed by atoms with Crippen molar-refractivity contribution < 1.29 is 9.59 Å². The van der Waals surface area contributed by atoms with Gasteiger partial charge in [0, 0.05) is 58.5 Å². The highest BCUT2D eigenvalue weighted by Crippen LogP contribution is 2.61. The molecule has 4 aromatic carbocycles. The van der Waals surface area contributed by atoms with E-state index in [0.717, 1.165) is 51.4 Å². The predicted octanol–water partition coefficient (Wildman–Crippen LogP) is 10.9. The third-order valence-corrected chi connectivity index (χ3v) is 14.4. The maximum Gasteiger partial charge on any atom is 0.139 e. The predicted molar refractivity (Wildman–Crippen MR) is 211 cm³/mol. The van der Waals surface area contributed by atoms with Crippen molar-refractivity contribution in [3.05, 3.63) is 119 Å². The molecule has 268 valence electrons. The number of anilines is 4. The van der Waals surface area contributed by atoms with E-state index in [1.807, 2.05) is 0 Å². The van der Waals surface area contributed by atoms with E-state index < -0.39 is 0 Å². The summed E-state index contributed by atoms with van der Waals surface area (Å²) >= 11 is 0. The highest BCUT2D eigenvalue weighted by atomic mass is 16.1. The zero-order chi connectivity index (χ0) is 35.7. The molecule has 5 aliphatic rings. The lowest BCUT2D eigenvalue weighted by molar-refractivity contribution is -0.129. The fourth-order valence-corrected chi connectivity index (χ4v) is 11.9. The Morgan fingerprint density at radius 3 is 0.923 bits per heavy atom. The summed E-state index contributed by atoms with van der Waals surface area (Å²) < 4.78 is 0. The summed E-state index contributed by atoms with van der Waals surface area (Å²) in [6, 6.07) is 36.2. The molecule has 10 unspecified atom stereocenters. The minimum atomic E-state index is 0.116. The van der Waals surface area contributed by atoms with E-state index in [2.05, 4.69) is 135 Å². The average molecular weight is 691 g/mol. The van der Waals surface area contributed by atoms with Gasteiger partial charge < -0.3 is 9.80 Å². The average Bonchev–Trinajstić information content (AvgIpc) is 3.59. The van der Waals surface area contributed by atoms with Crippen LogP contribution in [0, 0.1) is 75.0 Å². The van der Waals surface area contributed by atoms with Crippen molar-refractivity contribution >= 4 is 34.3 Å². The lowest BCUT2D eigenvalue weighted by Gasteiger charge is -2.43. The molecule has 0 amide bonds. The standard InChI is InChI=1S/C48H54N2O2/c1-29-5-13-33(14-6-29)49(34-15-7-30(2)8-16-34)37-21-23-39-41-27-46-42(28-45(41)47(51)43(39)25-37)40-24-22-38(26-44(40)48(46)52)50(35-17-9-31(3)10-18-35)36-19-11-32(4)12-20-36/h5-20,37-46H,21-28H2,1-4H3. The molecule has 5 saturated carbocycles. The van der Waals surface area contributed by atoms with E-state index in [4.69, 9.17) is 0 Å². The Morgan fingerprint density at radius 1 is 0.365 bits per heavy atom. The number of fused-ring (bicyclic) bond motifs is 6. The summed E-state index contributed by atoms with van der Waals surface area (Å²) in [5.41, 5.74) is 9.90. The maximum atomic E-state index is 14.5. The van der Waals surface area contributed by atoms with Crippen molar-refractivity contribution in [1.29, 1.82) is 0 Å². The Morgan fingerprint density at radius 2 is 0.635 bits per heavy atom. The molecule has 10 atom stereocenters. The van der Waals surface area contributed by atoms with Gasteiger partial charge in [0.2, 0.25) is 0 Å². The highest BCUT2D eigenvalue weighted by Gasteiger charge is 2.61. The van der Waals surface area contributed by atoms with Crippen molar-refractivity contribution in [2.75, 3.05) is 9.80 Å². The van der Waals surface area contributed by atoms with Crippen molar-refractivity contribution in [3.8, 4) is 0 Å². The Hall–Kier alpha value is -4.18. The molecule has 0 bridgehead atoms. The van der Waals surface area contributed by atoms with E-state index in [0.29, 0.717) is 47.3 Å². The molecule has 0 aromatic heterocycles. The summed E-state index contributed by atoms with van der Waals surface area (Å²) in [7, 11) is 0. The van der Waals surface area contributed by atoms with Crippen LogP contribution in [0.15, 0.2) is 97.1 Å². The molecule has 0 heterocycles. The van der Waals surface area contributed by atoms with Crippen LogP contribution >= 0.6 is 0 Å². The van der Waals surface area contributed by atoms with Crippen LogP contribution in [0.2, 0.25) is 0 Å². The van der Waals surface area contributed by atoms with Gasteiger partial charge in [-0.15, -0.1) is 0 Å². The second-order valence-electron chi connectivity index (χ2n) is 17.4. The largest absolute Gasteiger partial charge is 0.338 e. The van der Waals surface area contributed by atoms with Gasteiger partial charge in [0.15, 0.2) is 0 Å². The van der Waals surface area contributed by atoms with Crippen LogP contribution in [0.3, 0.4) is 0 Å². The molecule has 9 rings (SSSR count). The number of ketones is 2. The number of hydrogen-bond donors (Lipinski definition) is 0.